The van der Waals surface area contributed by atoms with Crippen LogP contribution in [-0.4, -0.2) is 24.9 Å². The molecule has 1 aromatic carbocycles. The van der Waals surface area contributed by atoms with Gasteiger partial charge in [-0.05, 0) is 19.1 Å². The van der Waals surface area contributed by atoms with Gasteiger partial charge in [0, 0.05) is 17.9 Å². The molecule has 0 radical (unpaired) electrons. The van der Waals surface area contributed by atoms with Gasteiger partial charge in [0.1, 0.15) is 16.9 Å². The van der Waals surface area contributed by atoms with Gasteiger partial charge in [0.2, 0.25) is 0 Å². The van der Waals surface area contributed by atoms with Crippen LogP contribution in [0, 0.1) is 11.6 Å². The van der Waals surface area contributed by atoms with Crippen molar-refractivity contribution in [3.05, 3.63) is 35.5 Å². The predicted molar refractivity (Wildman–Crippen MR) is 71.6 cm³/mol. The highest BCUT2D eigenvalue weighted by atomic mass is 32.2. The number of aromatic nitrogens is 2. The van der Waals surface area contributed by atoms with Gasteiger partial charge in [0.05, 0.1) is 11.3 Å². The fourth-order valence-electron chi connectivity index (χ4n) is 1.85. The minimum absolute atomic E-state index is 0.00292. The van der Waals surface area contributed by atoms with Gasteiger partial charge < -0.3 is 5.73 Å². The molecule has 0 amide bonds. The summed E-state index contributed by atoms with van der Waals surface area (Å²) in [5.74, 6) is -1.60. The van der Waals surface area contributed by atoms with Gasteiger partial charge in [-0.15, -0.1) is 0 Å². The Hall–Kier alpha value is -1.96. The minimum Gasteiger partial charge on any atom is -0.382 e. The van der Waals surface area contributed by atoms with Crippen LogP contribution in [0.3, 0.4) is 0 Å². The first kappa shape index (κ1) is 14.4. The maximum Gasteiger partial charge on any atom is 0.155 e. The summed E-state index contributed by atoms with van der Waals surface area (Å²) in [5, 5.41) is 5.29. The van der Waals surface area contributed by atoms with Gasteiger partial charge in [-0.1, -0.05) is 0 Å². The minimum atomic E-state index is -3.42. The average Bonchev–Trinajstić information content (AvgIpc) is 2.69. The van der Waals surface area contributed by atoms with Crippen molar-refractivity contribution in [2.75, 3.05) is 12.0 Å². The molecule has 20 heavy (non-hydrogen) atoms. The van der Waals surface area contributed by atoms with E-state index < -0.39 is 26.7 Å². The number of halogens is 2. The highest BCUT2D eigenvalue weighted by Crippen LogP contribution is 2.35. The number of nitrogen functional groups attached to an aromatic ring is 1. The molecule has 0 saturated carbocycles. The number of hydrogen-bond donors (Lipinski definition) is 2. The molecule has 1 heterocycles. The van der Waals surface area contributed by atoms with Crippen molar-refractivity contribution in [3.8, 4) is 11.1 Å². The Bertz CT molecular complexity index is 756. The van der Waals surface area contributed by atoms with Crippen LogP contribution >= 0.6 is 0 Å². The molecular formula is C12H13F2N3O2S. The predicted octanol–water partition coefficient (Wildman–Crippen LogP) is 2.04. The van der Waals surface area contributed by atoms with E-state index in [1.807, 2.05) is 0 Å². The van der Waals surface area contributed by atoms with Crippen molar-refractivity contribution in [1.29, 1.82) is 0 Å². The van der Waals surface area contributed by atoms with Gasteiger partial charge in [-0.2, -0.15) is 5.10 Å². The highest BCUT2D eigenvalue weighted by molar-refractivity contribution is 7.90. The number of nitrogens with one attached hydrogen (secondary N) is 1. The first-order valence-electron chi connectivity index (χ1n) is 5.70. The van der Waals surface area contributed by atoms with Gasteiger partial charge >= 0.3 is 0 Å². The zero-order valence-electron chi connectivity index (χ0n) is 10.8. The van der Waals surface area contributed by atoms with Crippen molar-refractivity contribution in [1.82, 2.24) is 10.2 Å². The van der Waals surface area contributed by atoms with Crippen LogP contribution in [0.2, 0.25) is 0 Å². The quantitative estimate of drug-likeness (QED) is 0.908. The van der Waals surface area contributed by atoms with Crippen LogP contribution in [-0.2, 0) is 9.84 Å². The number of nitrogens with two attached hydrogens (primary N) is 1. The summed E-state index contributed by atoms with van der Waals surface area (Å²) in [6.45, 7) is 1.44. The Morgan fingerprint density at radius 3 is 2.55 bits per heavy atom. The third-order valence-electron chi connectivity index (χ3n) is 3.07. The Morgan fingerprint density at radius 2 is 2.00 bits per heavy atom. The summed E-state index contributed by atoms with van der Waals surface area (Å²) in [4.78, 5) is 0. The topological polar surface area (TPSA) is 88.8 Å². The lowest BCUT2D eigenvalue weighted by atomic mass is 10.0. The van der Waals surface area contributed by atoms with E-state index in [0.29, 0.717) is 6.07 Å². The van der Waals surface area contributed by atoms with Crippen molar-refractivity contribution >= 4 is 15.7 Å². The number of H-pyrrole nitrogens is 1. The molecule has 0 aliphatic rings. The van der Waals surface area contributed by atoms with Crippen LogP contribution in [0.4, 0.5) is 14.6 Å². The molecular weight excluding hydrogens is 288 g/mol. The normalized spacial score (nSPS) is 13.4. The molecule has 108 valence electrons. The van der Waals surface area contributed by atoms with Crippen LogP contribution in [0.25, 0.3) is 11.1 Å². The molecule has 5 nitrogen and oxygen atoms in total. The van der Waals surface area contributed by atoms with Crippen LogP contribution in [0.5, 0.6) is 0 Å². The maximum atomic E-state index is 13.8. The van der Waals surface area contributed by atoms with E-state index >= 15 is 0 Å². The van der Waals surface area contributed by atoms with E-state index in [0.717, 1.165) is 12.3 Å². The summed E-state index contributed by atoms with van der Waals surface area (Å²) < 4.78 is 50.0. The lowest BCUT2D eigenvalue weighted by Gasteiger charge is -2.11. The molecule has 3 N–H and O–H groups in total. The lowest BCUT2D eigenvalue weighted by molar-refractivity contribution is 0.584. The molecule has 0 aliphatic carbocycles. The van der Waals surface area contributed by atoms with Gasteiger partial charge in [-0.3, -0.25) is 5.10 Å². The Morgan fingerprint density at radius 1 is 1.35 bits per heavy atom. The third-order valence-corrected chi connectivity index (χ3v) is 4.59. The third kappa shape index (κ3) is 2.51. The largest absolute Gasteiger partial charge is 0.382 e. The van der Waals surface area contributed by atoms with E-state index in [2.05, 4.69) is 10.2 Å². The number of rotatable bonds is 3. The summed E-state index contributed by atoms with van der Waals surface area (Å²) >= 11 is 0. The van der Waals surface area contributed by atoms with Crippen LogP contribution in [0.1, 0.15) is 17.9 Å². The molecule has 2 aromatic rings. The van der Waals surface area contributed by atoms with Crippen LogP contribution < -0.4 is 5.73 Å². The van der Waals surface area contributed by atoms with E-state index in [4.69, 9.17) is 5.73 Å². The number of hydrogen-bond acceptors (Lipinski definition) is 4. The van der Waals surface area contributed by atoms with E-state index in [1.165, 1.54) is 13.0 Å². The van der Waals surface area contributed by atoms with Gasteiger partial charge in [0.25, 0.3) is 0 Å². The lowest BCUT2D eigenvalue weighted by Crippen LogP contribution is -2.09. The standard InChI is InChI=1S/C12H13F2N3O2S/c1-6(20(2,18)19)11-10(12(15)17-16-11)8-4-3-7(13)5-9(8)14/h3-6H,1-2H3,(H3,15,16,17). The molecule has 0 saturated heterocycles. The molecule has 8 heteroatoms. The average molecular weight is 301 g/mol. The zero-order valence-corrected chi connectivity index (χ0v) is 11.6. The number of nitrogens with zero attached hydrogens (tertiary/aromatic N) is 1. The summed E-state index contributed by atoms with van der Waals surface area (Å²) in [5.41, 5.74) is 5.98. The SMILES string of the molecule is CC(c1[nH]nc(N)c1-c1ccc(F)cc1F)S(C)(=O)=O. The van der Waals surface area contributed by atoms with Crippen molar-refractivity contribution in [2.24, 2.45) is 0 Å². The molecule has 1 aromatic heterocycles. The maximum absolute atomic E-state index is 13.8. The van der Waals surface area contributed by atoms with Crippen molar-refractivity contribution in [2.45, 2.75) is 12.2 Å². The number of sulfone groups is 1. The Labute approximate surface area is 114 Å². The molecule has 1 unspecified atom stereocenters. The molecule has 0 fully saturated rings. The number of benzene rings is 1. The van der Waals surface area contributed by atoms with E-state index in [1.54, 1.807) is 0 Å². The second-order valence-electron chi connectivity index (χ2n) is 4.49. The monoisotopic (exact) mass is 301 g/mol. The van der Waals surface area contributed by atoms with Crippen molar-refractivity contribution < 1.29 is 17.2 Å². The molecule has 0 aliphatic heterocycles. The van der Waals surface area contributed by atoms with Crippen LogP contribution in [0.15, 0.2) is 18.2 Å². The van der Waals surface area contributed by atoms with Crippen molar-refractivity contribution in [3.63, 3.8) is 0 Å². The van der Waals surface area contributed by atoms with Gasteiger partial charge in [-0.25, -0.2) is 17.2 Å². The fourth-order valence-corrected chi connectivity index (χ4v) is 2.45. The molecule has 0 bridgehead atoms. The fraction of sp³-hybridized carbons (Fsp3) is 0.250. The second-order valence-corrected chi connectivity index (χ2v) is 6.86. The first-order valence-corrected chi connectivity index (χ1v) is 7.65. The smallest absolute Gasteiger partial charge is 0.155 e. The summed E-state index contributed by atoms with van der Waals surface area (Å²) in [6, 6.07) is 2.97. The molecule has 2 rings (SSSR count). The molecule has 1 atom stereocenters. The number of aromatic amines is 1. The van der Waals surface area contributed by atoms with E-state index in [-0.39, 0.29) is 22.6 Å². The highest BCUT2D eigenvalue weighted by Gasteiger charge is 2.26. The Balaban J connectivity index is 2.66. The summed E-state index contributed by atoms with van der Waals surface area (Å²) in [7, 11) is -3.42. The second kappa shape index (κ2) is 4.86. The summed E-state index contributed by atoms with van der Waals surface area (Å²) in [6.07, 6.45) is 1.06. The first-order chi connectivity index (χ1) is 9.21. The van der Waals surface area contributed by atoms with Gasteiger partial charge in [0.15, 0.2) is 15.7 Å². The number of anilines is 1. The zero-order chi connectivity index (χ0) is 15.1. The molecule has 0 spiro atoms. The Kier molecular flexibility index (Phi) is 3.51. The van der Waals surface area contributed by atoms with E-state index in [9.17, 15) is 17.2 Å².